The number of fused-ring (bicyclic) bond motifs is 4. The maximum Gasteiger partial charge on any atom is 0.258 e. The Labute approximate surface area is 157 Å². The van der Waals surface area contributed by atoms with Gasteiger partial charge in [-0.05, 0) is 43.1 Å². The van der Waals surface area contributed by atoms with E-state index in [1.807, 2.05) is 24.3 Å². The van der Waals surface area contributed by atoms with Crippen LogP contribution in [0.3, 0.4) is 0 Å². The SMILES string of the molecule is O=c1[nH]c(CCCN2CCc3c([nH]c4ccccc34)C2)nc2ccccc12. The average Bonchev–Trinajstić information content (AvgIpc) is 3.06. The Kier molecular flexibility index (Phi) is 4.02. The van der Waals surface area contributed by atoms with Crippen molar-refractivity contribution in [2.24, 2.45) is 0 Å². The van der Waals surface area contributed by atoms with E-state index in [1.165, 1.54) is 22.2 Å². The normalized spacial score (nSPS) is 14.7. The number of rotatable bonds is 4. The van der Waals surface area contributed by atoms with E-state index in [-0.39, 0.29) is 5.56 Å². The topological polar surface area (TPSA) is 64.8 Å². The summed E-state index contributed by atoms with van der Waals surface area (Å²) >= 11 is 0. The minimum Gasteiger partial charge on any atom is -0.357 e. The van der Waals surface area contributed by atoms with Gasteiger partial charge in [0.05, 0.1) is 10.9 Å². The minimum absolute atomic E-state index is 0.0451. The maximum atomic E-state index is 12.2. The van der Waals surface area contributed by atoms with Crippen LogP contribution >= 0.6 is 0 Å². The van der Waals surface area contributed by atoms with Crippen LogP contribution in [0.25, 0.3) is 21.8 Å². The second kappa shape index (κ2) is 6.67. The summed E-state index contributed by atoms with van der Waals surface area (Å²) in [6, 6.07) is 16.1. The lowest BCUT2D eigenvalue weighted by atomic mass is 10.0. The lowest BCUT2D eigenvalue weighted by Crippen LogP contribution is -2.31. The first kappa shape index (κ1) is 16.3. The van der Waals surface area contributed by atoms with Gasteiger partial charge in [-0.25, -0.2) is 4.98 Å². The number of aromatic nitrogens is 3. The molecule has 0 radical (unpaired) electrons. The summed E-state index contributed by atoms with van der Waals surface area (Å²) in [7, 11) is 0. The van der Waals surface area contributed by atoms with Crippen molar-refractivity contribution >= 4 is 21.8 Å². The van der Waals surface area contributed by atoms with Gasteiger partial charge in [-0.3, -0.25) is 9.69 Å². The first-order valence-corrected chi connectivity index (χ1v) is 9.57. The van der Waals surface area contributed by atoms with E-state index in [4.69, 9.17) is 0 Å². The van der Waals surface area contributed by atoms with Gasteiger partial charge in [-0.15, -0.1) is 0 Å². The van der Waals surface area contributed by atoms with Crippen LogP contribution in [-0.2, 0) is 19.4 Å². The number of H-pyrrole nitrogens is 2. The molecule has 0 saturated carbocycles. The van der Waals surface area contributed by atoms with Gasteiger partial charge in [0.25, 0.3) is 5.56 Å². The maximum absolute atomic E-state index is 12.2. The molecule has 2 aromatic carbocycles. The smallest absolute Gasteiger partial charge is 0.258 e. The van der Waals surface area contributed by atoms with Gasteiger partial charge in [-0.1, -0.05) is 30.3 Å². The van der Waals surface area contributed by atoms with E-state index in [1.54, 1.807) is 0 Å². The van der Waals surface area contributed by atoms with Crippen molar-refractivity contribution in [1.29, 1.82) is 0 Å². The Morgan fingerprint density at radius 2 is 1.81 bits per heavy atom. The Balaban J connectivity index is 1.26. The second-order valence-corrected chi connectivity index (χ2v) is 7.29. The fourth-order valence-corrected chi connectivity index (χ4v) is 4.16. The van der Waals surface area contributed by atoms with Crippen LogP contribution in [0.2, 0.25) is 0 Å². The molecule has 27 heavy (non-hydrogen) atoms. The highest BCUT2D eigenvalue weighted by atomic mass is 16.1. The van der Waals surface area contributed by atoms with Crippen LogP contribution < -0.4 is 5.56 Å². The first-order chi connectivity index (χ1) is 13.3. The van der Waals surface area contributed by atoms with E-state index in [2.05, 4.69) is 44.1 Å². The third-order valence-corrected chi connectivity index (χ3v) is 5.51. The number of hydrogen-bond donors (Lipinski definition) is 2. The fraction of sp³-hybridized carbons (Fsp3) is 0.273. The highest BCUT2D eigenvalue weighted by molar-refractivity contribution is 5.84. The molecule has 1 aliphatic rings. The largest absolute Gasteiger partial charge is 0.357 e. The summed E-state index contributed by atoms with van der Waals surface area (Å²) in [5.74, 6) is 0.780. The Hall–Kier alpha value is -2.92. The highest BCUT2D eigenvalue weighted by Crippen LogP contribution is 2.27. The van der Waals surface area contributed by atoms with Crippen molar-refractivity contribution in [3.8, 4) is 0 Å². The zero-order chi connectivity index (χ0) is 18.2. The average molecular weight is 358 g/mol. The molecule has 1 aliphatic heterocycles. The summed E-state index contributed by atoms with van der Waals surface area (Å²) in [6.07, 6.45) is 2.86. The van der Waals surface area contributed by atoms with Crippen molar-refractivity contribution in [2.45, 2.75) is 25.8 Å². The molecule has 0 spiro atoms. The number of aryl methyl sites for hydroxylation is 1. The van der Waals surface area contributed by atoms with Gasteiger partial charge in [0, 0.05) is 36.1 Å². The Bertz CT molecular complexity index is 1170. The molecule has 0 aliphatic carbocycles. The molecule has 5 nitrogen and oxygen atoms in total. The predicted molar refractivity (Wildman–Crippen MR) is 108 cm³/mol. The molecule has 0 fully saturated rings. The van der Waals surface area contributed by atoms with E-state index < -0.39 is 0 Å². The quantitative estimate of drug-likeness (QED) is 0.588. The fourth-order valence-electron chi connectivity index (χ4n) is 4.16. The number of benzene rings is 2. The van der Waals surface area contributed by atoms with Gasteiger partial charge in [0.2, 0.25) is 0 Å². The zero-order valence-corrected chi connectivity index (χ0v) is 15.2. The molecule has 5 heteroatoms. The standard InChI is InChI=1S/C22H22N4O/c27-22-17-7-2-4-9-19(17)24-21(25-22)10-5-12-26-13-11-16-15-6-1-3-8-18(15)23-20(16)14-26/h1-4,6-9,23H,5,10-14H2,(H,24,25,27). The number of nitrogens with one attached hydrogen (secondary N) is 2. The second-order valence-electron chi connectivity index (χ2n) is 7.29. The number of hydrogen-bond acceptors (Lipinski definition) is 3. The summed E-state index contributed by atoms with van der Waals surface area (Å²) in [4.78, 5) is 25.8. The molecule has 0 amide bonds. The third-order valence-electron chi connectivity index (χ3n) is 5.51. The number of para-hydroxylation sites is 2. The first-order valence-electron chi connectivity index (χ1n) is 9.57. The van der Waals surface area contributed by atoms with Crippen molar-refractivity contribution in [3.05, 3.63) is 76.0 Å². The molecule has 2 aromatic heterocycles. The molecular formula is C22H22N4O. The zero-order valence-electron chi connectivity index (χ0n) is 15.2. The van der Waals surface area contributed by atoms with Gasteiger partial charge in [-0.2, -0.15) is 0 Å². The molecule has 136 valence electrons. The highest BCUT2D eigenvalue weighted by Gasteiger charge is 2.20. The summed E-state index contributed by atoms with van der Waals surface area (Å²) in [6.45, 7) is 3.05. The monoisotopic (exact) mass is 358 g/mol. The molecule has 0 unspecified atom stereocenters. The van der Waals surface area contributed by atoms with E-state index in [9.17, 15) is 4.79 Å². The van der Waals surface area contributed by atoms with E-state index in [0.29, 0.717) is 5.39 Å². The van der Waals surface area contributed by atoms with Crippen molar-refractivity contribution < 1.29 is 0 Å². The van der Waals surface area contributed by atoms with Gasteiger partial charge >= 0.3 is 0 Å². The van der Waals surface area contributed by atoms with Crippen LogP contribution in [0, 0.1) is 0 Å². The van der Waals surface area contributed by atoms with Gasteiger partial charge < -0.3 is 9.97 Å². The lowest BCUT2D eigenvalue weighted by Gasteiger charge is -2.26. The number of nitrogens with zero attached hydrogens (tertiary/aromatic N) is 2. The minimum atomic E-state index is -0.0451. The molecule has 0 atom stereocenters. The van der Waals surface area contributed by atoms with E-state index in [0.717, 1.165) is 50.2 Å². The van der Waals surface area contributed by atoms with Crippen LogP contribution in [0.4, 0.5) is 0 Å². The van der Waals surface area contributed by atoms with Gasteiger partial charge in [0.1, 0.15) is 5.82 Å². The van der Waals surface area contributed by atoms with Crippen LogP contribution in [0.1, 0.15) is 23.5 Å². The van der Waals surface area contributed by atoms with Crippen LogP contribution in [0.15, 0.2) is 53.3 Å². The molecule has 3 heterocycles. The van der Waals surface area contributed by atoms with Gasteiger partial charge in [0.15, 0.2) is 0 Å². The van der Waals surface area contributed by atoms with Crippen LogP contribution in [0.5, 0.6) is 0 Å². The van der Waals surface area contributed by atoms with Crippen molar-refractivity contribution in [1.82, 2.24) is 19.9 Å². The van der Waals surface area contributed by atoms with Crippen LogP contribution in [-0.4, -0.2) is 32.9 Å². The Morgan fingerprint density at radius 3 is 2.74 bits per heavy atom. The van der Waals surface area contributed by atoms with Crippen molar-refractivity contribution in [3.63, 3.8) is 0 Å². The summed E-state index contributed by atoms with van der Waals surface area (Å²) in [5.41, 5.74) is 4.79. The predicted octanol–water partition coefficient (Wildman–Crippen LogP) is 3.40. The Morgan fingerprint density at radius 1 is 1.00 bits per heavy atom. The van der Waals surface area contributed by atoms with E-state index >= 15 is 0 Å². The molecule has 2 N–H and O–H groups in total. The lowest BCUT2D eigenvalue weighted by molar-refractivity contribution is 0.248. The van der Waals surface area contributed by atoms with Crippen molar-refractivity contribution in [2.75, 3.05) is 13.1 Å². The summed E-state index contributed by atoms with van der Waals surface area (Å²) in [5, 5.41) is 2.02. The molecular weight excluding hydrogens is 336 g/mol. The molecule has 0 saturated heterocycles. The summed E-state index contributed by atoms with van der Waals surface area (Å²) < 4.78 is 0. The number of aromatic amines is 2. The molecule has 5 rings (SSSR count). The molecule has 4 aromatic rings. The molecule has 0 bridgehead atoms. The third kappa shape index (κ3) is 3.04.